The molecule has 2 heterocycles. The Morgan fingerprint density at radius 2 is 1.89 bits per heavy atom. The van der Waals surface area contributed by atoms with Gasteiger partial charge in [0.05, 0.1) is 18.8 Å². The molecule has 2 aromatic heterocycles. The fourth-order valence-electron chi connectivity index (χ4n) is 2.27. The number of nitrogens with two attached hydrogens (primary N) is 1. The SMILES string of the molecule is CN=C(NCc1coc(-c2ccccc2)n1)NCc1ccc(S(N)(=O)=O)s1.I. The Morgan fingerprint density at radius 1 is 1.18 bits per heavy atom. The molecule has 0 atom stereocenters. The number of guanidine groups is 1. The zero-order valence-electron chi connectivity index (χ0n) is 15.0. The van der Waals surface area contributed by atoms with Crippen LogP contribution in [-0.2, 0) is 23.1 Å². The number of nitrogens with zero attached hydrogens (tertiary/aromatic N) is 2. The number of benzene rings is 1. The number of hydrogen-bond donors (Lipinski definition) is 3. The summed E-state index contributed by atoms with van der Waals surface area (Å²) < 4.78 is 28.3. The number of thiophene rings is 1. The van der Waals surface area contributed by atoms with E-state index in [4.69, 9.17) is 9.56 Å². The molecule has 0 saturated heterocycles. The minimum atomic E-state index is -3.67. The van der Waals surface area contributed by atoms with Crippen molar-refractivity contribution < 1.29 is 12.8 Å². The van der Waals surface area contributed by atoms with E-state index >= 15 is 0 Å². The molecule has 0 bridgehead atoms. The maximum atomic E-state index is 11.3. The summed E-state index contributed by atoms with van der Waals surface area (Å²) in [5.74, 6) is 1.12. The van der Waals surface area contributed by atoms with Crippen molar-refractivity contribution in [3.05, 3.63) is 59.3 Å². The highest BCUT2D eigenvalue weighted by Gasteiger charge is 2.11. The molecule has 0 aliphatic carbocycles. The first-order chi connectivity index (χ1) is 13.0. The van der Waals surface area contributed by atoms with Gasteiger partial charge in [-0.15, -0.1) is 35.3 Å². The number of aliphatic imine (C=N–C) groups is 1. The van der Waals surface area contributed by atoms with Crippen LogP contribution in [0.25, 0.3) is 11.5 Å². The van der Waals surface area contributed by atoms with Gasteiger partial charge in [-0.05, 0) is 24.3 Å². The van der Waals surface area contributed by atoms with Crippen molar-refractivity contribution in [1.29, 1.82) is 0 Å². The molecule has 0 fully saturated rings. The van der Waals surface area contributed by atoms with Gasteiger partial charge >= 0.3 is 0 Å². The molecule has 150 valence electrons. The van der Waals surface area contributed by atoms with Crippen LogP contribution in [0.3, 0.4) is 0 Å². The third kappa shape index (κ3) is 6.02. The molecule has 28 heavy (non-hydrogen) atoms. The van der Waals surface area contributed by atoms with Crippen LogP contribution >= 0.6 is 35.3 Å². The Hall–Kier alpha value is -1.96. The van der Waals surface area contributed by atoms with Crippen molar-refractivity contribution in [3.8, 4) is 11.5 Å². The monoisotopic (exact) mass is 533 g/mol. The summed E-state index contributed by atoms with van der Waals surface area (Å²) in [5.41, 5.74) is 1.65. The van der Waals surface area contributed by atoms with Crippen molar-refractivity contribution in [2.24, 2.45) is 10.1 Å². The van der Waals surface area contributed by atoms with Gasteiger partial charge < -0.3 is 15.1 Å². The van der Waals surface area contributed by atoms with Gasteiger partial charge in [-0.2, -0.15) is 0 Å². The average molecular weight is 533 g/mol. The summed E-state index contributed by atoms with van der Waals surface area (Å²) in [5, 5.41) is 11.4. The summed E-state index contributed by atoms with van der Waals surface area (Å²) >= 11 is 1.12. The van der Waals surface area contributed by atoms with Crippen molar-refractivity contribution in [1.82, 2.24) is 15.6 Å². The number of sulfonamides is 1. The predicted molar refractivity (Wildman–Crippen MR) is 120 cm³/mol. The van der Waals surface area contributed by atoms with E-state index in [0.29, 0.717) is 24.9 Å². The van der Waals surface area contributed by atoms with Gasteiger partial charge in [0.15, 0.2) is 5.96 Å². The molecule has 0 saturated carbocycles. The Kier molecular flexibility index (Phi) is 7.98. The second kappa shape index (κ2) is 10.0. The molecule has 0 radical (unpaired) electrons. The quantitative estimate of drug-likeness (QED) is 0.254. The molecule has 1 aromatic carbocycles. The summed E-state index contributed by atoms with van der Waals surface area (Å²) in [6.45, 7) is 0.858. The molecule has 11 heteroatoms. The van der Waals surface area contributed by atoms with Crippen LogP contribution < -0.4 is 15.8 Å². The third-order valence-corrected chi connectivity index (χ3v) is 6.10. The smallest absolute Gasteiger partial charge is 0.247 e. The number of nitrogens with one attached hydrogen (secondary N) is 2. The molecule has 3 rings (SSSR count). The molecular weight excluding hydrogens is 513 g/mol. The lowest BCUT2D eigenvalue weighted by molar-refractivity contribution is 0.572. The lowest BCUT2D eigenvalue weighted by atomic mass is 10.2. The topological polar surface area (TPSA) is 123 Å². The maximum absolute atomic E-state index is 11.3. The van der Waals surface area contributed by atoms with E-state index < -0.39 is 10.0 Å². The summed E-state index contributed by atoms with van der Waals surface area (Å²) in [4.78, 5) is 9.41. The number of halogens is 1. The van der Waals surface area contributed by atoms with Crippen LogP contribution in [0.4, 0.5) is 0 Å². The Balaban J connectivity index is 0.00000280. The maximum Gasteiger partial charge on any atom is 0.247 e. The molecule has 3 aromatic rings. The highest BCUT2D eigenvalue weighted by molar-refractivity contribution is 14.0. The fourth-order valence-corrected chi connectivity index (χ4v) is 3.99. The van der Waals surface area contributed by atoms with Crippen LogP contribution in [0.2, 0.25) is 0 Å². The number of aromatic nitrogens is 1. The highest BCUT2D eigenvalue weighted by atomic mass is 127. The van der Waals surface area contributed by atoms with Gasteiger partial charge in [-0.25, -0.2) is 18.5 Å². The van der Waals surface area contributed by atoms with Crippen LogP contribution in [0.1, 0.15) is 10.6 Å². The fraction of sp³-hybridized carbons (Fsp3) is 0.176. The first-order valence-electron chi connectivity index (χ1n) is 8.01. The molecule has 0 aliphatic heterocycles. The van der Waals surface area contributed by atoms with E-state index in [1.54, 1.807) is 19.4 Å². The van der Waals surface area contributed by atoms with E-state index in [-0.39, 0.29) is 28.2 Å². The summed E-state index contributed by atoms with van der Waals surface area (Å²) in [7, 11) is -2.02. The molecule has 0 amide bonds. The van der Waals surface area contributed by atoms with E-state index in [2.05, 4.69) is 20.6 Å². The van der Waals surface area contributed by atoms with Gasteiger partial charge in [0.25, 0.3) is 0 Å². The molecule has 4 N–H and O–H groups in total. The predicted octanol–water partition coefficient (Wildman–Crippen LogP) is 2.53. The van der Waals surface area contributed by atoms with Crippen molar-refractivity contribution >= 4 is 51.3 Å². The Labute approximate surface area is 184 Å². The van der Waals surface area contributed by atoms with Gasteiger partial charge in [-0.1, -0.05) is 18.2 Å². The first-order valence-corrected chi connectivity index (χ1v) is 10.4. The van der Waals surface area contributed by atoms with Gasteiger partial charge in [0.2, 0.25) is 15.9 Å². The number of oxazole rings is 1. The first kappa shape index (κ1) is 22.3. The number of hydrogen-bond acceptors (Lipinski definition) is 6. The second-order valence-corrected chi connectivity index (χ2v) is 8.51. The normalized spacial score (nSPS) is 11.7. The van der Waals surface area contributed by atoms with Crippen LogP contribution in [0.15, 0.2) is 62.3 Å². The van der Waals surface area contributed by atoms with Gasteiger partial charge in [0, 0.05) is 17.5 Å². The standard InChI is InChI=1S/C17H19N5O3S2.HI/c1-19-17(21-10-14-7-8-15(26-14)27(18,23)24)20-9-13-11-25-16(22-13)12-5-3-2-4-6-12;/h2-8,11H,9-10H2,1H3,(H2,18,23,24)(H2,19,20,21);1H. The molecular formula is C17H20IN5O3S2. The second-order valence-electron chi connectivity index (χ2n) is 5.56. The number of rotatable bonds is 6. The molecule has 8 nitrogen and oxygen atoms in total. The minimum Gasteiger partial charge on any atom is -0.444 e. The van der Waals surface area contributed by atoms with Crippen molar-refractivity contribution in [2.45, 2.75) is 17.3 Å². The van der Waals surface area contributed by atoms with Gasteiger partial charge in [0.1, 0.15) is 10.5 Å². The van der Waals surface area contributed by atoms with Crippen LogP contribution in [-0.4, -0.2) is 26.4 Å². The van der Waals surface area contributed by atoms with E-state index in [1.807, 2.05) is 30.3 Å². The summed E-state index contributed by atoms with van der Waals surface area (Å²) in [6.07, 6.45) is 1.60. The largest absolute Gasteiger partial charge is 0.444 e. The lowest BCUT2D eigenvalue weighted by Crippen LogP contribution is -2.36. The zero-order chi connectivity index (χ0) is 19.3. The van der Waals surface area contributed by atoms with Gasteiger partial charge in [-0.3, -0.25) is 4.99 Å². The highest BCUT2D eigenvalue weighted by Crippen LogP contribution is 2.20. The van der Waals surface area contributed by atoms with E-state index in [1.165, 1.54) is 6.07 Å². The zero-order valence-corrected chi connectivity index (χ0v) is 18.9. The average Bonchev–Trinajstić information content (AvgIpc) is 3.32. The third-order valence-electron chi connectivity index (χ3n) is 3.58. The summed E-state index contributed by atoms with van der Waals surface area (Å²) in [6, 6.07) is 12.9. The van der Waals surface area contributed by atoms with Crippen LogP contribution in [0, 0.1) is 0 Å². The van der Waals surface area contributed by atoms with Crippen molar-refractivity contribution in [2.75, 3.05) is 7.05 Å². The Morgan fingerprint density at radius 3 is 2.54 bits per heavy atom. The van der Waals surface area contributed by atoms with E-state index in [9.17, 15) is 8.42 Å². The molecule has 0 unspecified atom stereocenters. The molecule has 0 spiro atoms. The van der Waals surface area contributed by atoms with E-state index in [0.717, 1.165) is 27.5 Å². The van der Waals surface area contributed by atoms with Crippen LogP contribution in [0.5, 0.6) is 0 Å². The number of primary sulfonamides is 1. The van der Waals surface area contributed by atoms with Crippen molar-refractivity contribution in [3.63, 3.8) is 0 Å². The lowest BCUT2D eigenvalue weighted by Gasteiger charge is -2.09. The Bertz CT molecular complexity index is 1030. The minimum absolute atomic E-state index is 0. The molecule has 0 aliphatic rings.